The van der Waals surface area contributed by atoms with Gasteiger partial charge in [-0.15, -0.1) is 0 Å². The molecule has 0 aliphatic carbocycles. The minimum atomic E-state index is -0.405. The van der Waals surface area contributed by atoms with Gasteiger partial charge >= 0.3 is 5.97 Å². The topological polar surface area (TPSA) is 48.4 Å². The van der Waals surface area contributed by atoms with Gasteiger partial charge in [0.05, 0.1) is 24.3 Å². The van der Waals surface area contributed by atoms with Crippen LogP contribution in [0, 0.1) is 0 Å². The molecule has 0 amide bonds. The second-order valence-electron chi connectivity index (χ2n) is 3.59. The van der Waals surface area contributed by atoms with Gasteiger partial charge < -0.3 is 9.47 Å². The number of nitrogens with zero attached hydrogens (tertiary/aromatic N) is 1. The summed E-state index contributed by atoms with van der Waals surface area (Å²) in [5.74, 6) is 0.0932. The van der Waals surface area contributed by atoms with Crippen LogP contribution in [0.15, 0.2) is 24.4 Å². The Morgan fingerprint density at radius 2 is 2.22 bits per heavy atom. The standard InChI is InChI=1S/C13H12ClNO3/c1-3-18-13(16)8-6-9-10(14)4-5-15-12(9)11(7-8)17-2/h4-7H,3H2,1-2H3. The van der Waals surface area contributed by atoms with E-state index >= 15 is 0 Å². The van der Waals surface area contributed by atoms with E-state index in [2.05, 4.69) is 4.98 Å². The van der Waals surface area contributed by atoms with Crippen LogP contribution in [0.2, 0.25) is 5.02 Å². The Balaban J connectivity index is 2.64. The number of methoxy groups -OCH3 is 1. The molecule has 94 valence electrons. The van der Waals surface area contributed by atoms with Crippen LogP contribution < -0.4 is 4.74 Å². The number of esters is 1. The molecule has 0 radical (unpaired) electrons. The van der Waals surface area contributed by atoms with Crippen molar-refractivity contribution in [3.63, 3.8) is 0 Å². The molecule has 18 heavy (non-hydrogen) atoms. The first-order valence-electron chi connectivity index (χ1n) is 5.46. The average molecular weight is 266 g/mol. The molecule has 0 saturated carbocycles. The minimum absolute atomic E-state index is 0.319. The average Bonchev–Trinajstić information content (AvgIpc) is 2.38. The maximum Gasteiger partial charge on any atom is 0.338 e. The first kappa shape index (κ1) is 12.6. The second-order valence-corrected chi connectivity index (χ2v) is 4.00. The van der Waals surface area contributed by atoms with E-state index in [1.165, 1.54) is 7.11 Å². The molecule has 1 aromatic carbocycles. The van der Waals surface area contributed by atoms with E-state index in [4.69, 9.17) is 21.1 Å². The lowest BCUT2D eigenvalue weighted by molar-refractivity contribution is 0.0526. The molecule has 0 N–H and O–H groups in total. The SMILES string of the molecule is CCOC(=O)c1cc(OC)c2nccc(Cl)c2c1. The van der Waals surface area contributed by atoms with Crippen LogP contribution in [-0.2, 0) is 4.74 Å². The van der Waals surface area contributed by atoms with Crippen LogP contribution in [-0.4, -0.2) is 24.7 Å². The number of hydrogen-bond donors (Lipinski definition) is 0. The summed E-state index contributed by atoms with van der Waals surface area (Å²) in [4.78, 5) is 15.9. The second kappa shape index (κ2) is 5.23. The molecule has 1 aromatic heterocycles. The molecule has 0 fully saturated rings. The van der Waals surface area contributed by atoms with E-state index in [1.807, 2.05) is 0 Å². The molecule has 4 nitrogen and oxygen atoms in total. The van der Waals surface area contributed by atoms with Crippen LogP contribution in [0.1, 0.15) is 17.3 Å². The maximum atomic E-state index is 11.7. The molecular weight excluding hydrogens is 254 g/mol. The van der Waals surface area contributed by atoms with E-state index in [1.54, 1.807) is 31.3 Å². The molecule has 1 heterocycles. The summed E-state index contributed by atoms with van der Waals surface area (Å²) in [6.45, 7) is 2.07. The van der Waals surface area contributed by atoms with Crippen molar-refractivity contribution >= 4 is 28.5 Å². The number of benzene rings is 1. The molecule has 0 aliphatic rings. The molecule has 5 heteroatoms. The number of carbonyl (C=O) groups excluding carboxylic acids is 1. The zero-order valence-corrected chi connectivity index (χ0v) is 10.8. The molecule has 2 rings (SSSR count). The highest BCUT2D eigenvalue weighted by Gasteiger charge is 2.13. The van der Waals surface area contributed by atoms with Gasteiger partial charge in [-0.25, -0.2) is 4.79 Å². The lowest BCUT2D eigenvalue weighted by Gasteiger charge is -2.09. The smallest absolute Gasteiger partial charge is 0.338 e. The third-order valence-corrected chi connectivity index (χ3v) is 2.82. The summed E-state index contributed by atoms with van der Waals surface area (Å²) in [6.07, 6.45) is 1.59. The number of halogens is 1. The molecule has 0 unspecified atom stereocenters. The van der Waals surface area contributed by atoms with Crippen molar-refractivity contribution in [3.8, 4) is 5.75 Å². The van der Waals surface area contributed by atoms with Crippen molar-refractivity contribution in [2.45, 2.75) is 6.92 Å². The molecule has 0 spiro atoms. The van der Waals surface area contributed by atoms with Crippen molar-refractivity contribution in [2.75, 3.05) is 13.7 Å². The number of aromatic nitrogens is 1. The zero-order chi connectivity index (χ0) is 13.1. The van der Waals surface area contributed by atoms with Gasteiger partial charge in [-0.2, -0.15) is 0 Å². The van der Waals surface area contributed by atoms with Crippen molar-refractivity contribution in [2.24, 2.45) is 0 Å². The van der Waals surface area contributed by atoms with Gasteiger partial charge in [0.15, 0.2) is 0 Å². The number of carbonyl (C=O) groups is 1. The summed E-state index contributed by atoms with van der Waals surface area (Å²) in [5, 5.41) is 1.19. The third kappa shape index (κ3) is 2.24. The highest BCUT2D eigenvalue weighted by atomic mass is 35.5. The Labute approximate surface area is 109 Å². The summed E-state index contributed by atoms with van der Waals surface area (Å²) < 4.78 is 10.2. The van der Waals surface area contributed by atoms with Crippen molar-refractivity contribution in [1.82, 2.24) is 4.98 Å². The van der Waals surface area contributed by atoms with Crippen molar-refractivity contribution < 1.29 is 14.3 Å². The van der Waals surface area contributed by atoms with Crippen LogP contribution >= 0.6 is 11.6 Å². The number of fused-ring (bicyclic) bond motifs is 1. The monoisotopic (exact) mass is 265 g/mol. The fourth-order valence-corrected chi connectivity index (χ4v) is 1.88. The van der Waals surface area contributed by atoms with Crippen molar-refractivity contribution in [1.29, 1.82) is 0 Å². The predicted octanol–water partition coefficient (Wildman–Crippen LogP) is 3.07. The van der Waals surface area contributed by atoms with Gasteiger partial charge in [0, 0.05) is 11.6 Å². The summed E-state index contributed by atoms with van der Waals surface area (Å²) in [6, 6.07) is 4.92. The van der Waals surface area contributed by atoms with Crippen LogP contribution in [0.3, 0.4) is 0 Å². The Kier molecular flexibility index (Phi) is 3.67. The van der Waals surface area contributed by atoms with Gasteiger partial charge in [0.2, 0.25) is 0 Å². The Morgan fingerprint density at radius 3 is 2.89 bits per heavy atom. The van der Waals surface area contributed by atoms with Gasteiger partial charge in [0.1, 0.15) is 11.3 Å². The Morgan fingerprint density at radius 1 is 1.44 bits per heavy atom. The van der Waals surface area contributed by atoms with E-state index in [0.29, 0.717) is 33.8 Å². The first-order chi connectivity index (χ1) is 8.67. The van der Waals surface area contributed by atoms with Gasteiger partial charge in [0.25, 0.3) is 0 Å². The van der Waals surface area contributed by atoms with Crippen molar-refractivity contribution in [3.05, 3.63) is 35.0 Å². The van der Waals surface area contributed by atoms with E-state index in [-0.39, 0.29) is 0 Å². The van der Waals surface area contributed by atoms with Crippen LogP contribution in [0.25, 0.3) is 10.9 Å². The third-order valence-electron chi connectivity index (χ3n) is 2.49. The lowest BCUT2D eigenvalue weighted by atomic mass is 10.1. The normalized spacial score (nSPS) is 10.4. The first-order valence-corrected chi connectivity index (χ1v) is 5.84. The number of rotatable bonds is 3. The fourth-order valence-electron chi connectivity index (χ4n) is 1.68. The molecule has 0 bridgehead atoms. The summed E-state index contributed by atoms with van der Waals surface area (Å²) in [5.41, 5.74) is 1.02. The molecule has 0 saturated heterocycles. The largest absolute Gasteiger partial charge is 0.494 e. The van der Waals surface area contributed by atoms with Gasteiger partial charge in [-0.05, 0) is 25.1 Å². The molecule has 0 atom stereocenters. The fraction of sp³-hybridized carbons (Fsp3) is 0.231. The summed E-state index contributed by atoms with van der Waals surface area (Å²) in [7, 11) is 1.52. The maximum absolute atomic E-state index is 11.7. The van der Waals surface area contributed by atoms with Gasteiger partial charge in [-0.1, -0.05) is 11.6 Å². The zero-order valence-electron chi connectivity index (χ0n) is 10.1. The lowest BCUT2D eigenvalue weighted by Crippen LogP contribution is -2.05. The number of ether oxygens (including phenoxy) is 2. The van der Waals surface area contributed by atoms with E-state index < -0.39 is 5.97 Å². The molecule has 0 aliphatic heterocycles. The number of pyridine rings is 1. The van der Waals surface area contributed by atoms with Crippen LogP contribution in [0.5, 0.6) is 5.75 Å². The Hall–Kier alpha value is -1.81. The van der Waals surface area contributed by atoms with E-state index in [0.717, 1.165) is 0 Å². The minimum Gasteiger partial charge on any atom is -0.494 e. The van der Waals surface area contributed by atoms with Gasteiger partial charge in [-0.3, -0.25) is 4.98 Å². The predicted molar refractivity (Wildman–Crippen MR) is 69.3 cm³/mol. The molecule has 2 aromatic rings. The quantitative estimate of drug-likeness (QED) is 0.800. The van der Waals surface area contributed by atoms with E-state index in [9.17, 15) is 4.79 Å². The highest BCUT2D eigenvalue weighted by Crippen LogP contribution is 2.30. The number of hydrogen-bond acceptors (Lipinski definition) is 4. The highest BCUT2D eigenvalue weighted by molar-refractivity contribution is 6.35. The molecular formula is C13H12ClNO3. The summed E-state index contributed by atoms with van der Waals surface area (Å²) >= 11 is 6.09. The Bertz CT molecular complexity index is 598. The van der Waals surface area contributed by atoms with Crippen LogP contribution in [0.4, 0.5) is 0 Å².